The molecule has 2 unspecified atom stereocenters. The van der Waals surface area contributed by atoms with Crippen LogP contribution in [0.1, 0.15) is 49.3 Å². The molecule has 0 bridgehead atoms. The van der Waals surface area contributed by atoms with Crippen molar-refractivity contribution < 1.29 is 9.59 Å². The molecule has 1 aromatic heterocycles. The molecule has 0 fully saturated rings. The van der Waals surface area contributed by atoms with E-state index in [9.17, 15) is 9.59 Å². The number of carbonyl (C=O) groups excluding carboxylic acids is 2. The minimum absolute atomic E-state index is 0.0407. The van der Waals surface area contributed by atoms with Gasteiger partial charge in [0.1, 0.15) is 5.78 Å². The molecule has 0 aliphatic rings. The van der Waals surface area contributed by atoms with Crippen LogP contribution in [-0.2, 0) is 16.0 Å². The third-order valence-corrected chi connectivity index (χ3v) is 6.33. The van der Waals surface area contributed by atoms with Gasteiger partial charge in [-0.15, -0.1) is 0 Å². The molecule has 168 valence electrons. The van der Waals surface area contributed by atoms with Gasteiger partial charge in [0.25, 0.3) is 0 Å². The van der Waals surface area contributed by atoms with Gasteiger partial charge < -0.3 is 10.3 Å². The summed E-state index contributed by atoms with van der Waals surface area (Å²) in [6.45, 7) is 6.14. The summed E-state index contributed by atoms with van der Waals surface area (Å²) < 4.78 is 0. The van der Waals surface area contributed by atoms with Crippen LogP contribution in [0, 0.1) is 5.92 Å². The van der Waals surface area contributed by atoms with Gasteiger partial charge in [-0.1, -0.05) is 81.4 Å². The molecule has 33 heavy (non-hydrogen) atoms. The van der Waals surface area contributed by atoms with Crippen molar-refractivity contribution in [1.82, 2.24) is 4.98 Å². The lowest BCUT2D eigenvalue weighted by molar-refractivity contribution is -0.127. The van der Waals surface area contributed by atoms with E-state index in [1.165, 1.54) is 5.56 Å². The smallest absolute Gasteiger partial charge is 0.232 e. The van der Waals surface area contributed by atoms with Crippen molar-refractivity contribution in [2.24, 2.45) is 5.92 Å². The molecular formula is C29H30N2O2. The Hall–Kier alpha value is -3.66. The van der Waals surface area contributed by atoms with Gasteiger partial charge in [0.05, 0.1) is 5.92 Å². The summed E-state index contributed by atoms with van der Waals surface area (Å²) in [7, 11) is 0. The lowest BCUT2D eigenvalue weighted by atomic mass is 9.82. The first kappa shape index (κ1) is 22.5. The highest BCUT2D eigenvalue weighted by molar-refractivity contribution is 6.00. The zero-order valence-corrected chi connectivity index (χ0v) is 19.3. The molecule has 3 aromatic carbocycles. The molecule has 0 radical (unpaired) electrons. The Balaban J connectivity index is 1.57. The molecule has 4 nitrogen and oxygen atoms in total. The lowest BCUT2D eigenvalue weighted by Crippen LogP contribution is -2.31. The minimum Gasteiger partial charge on any atom is -0.361 e. The van der Waals surface area contributed by atoms with E-state index >= 15 is 0 Å². The number of carbonyl (C=O) groups is 2. The van der Waals surface area contributed by atoms with Crippen molar-refractivity contribution in [1.29, 1.82) is 0 Å². The molecule has 0 saturated heterocycles. The van der Waals surface area contributed by atoms with Gasteiger partial charge in [0.15, 0.2) is 0 Å². The van der Waals surface area contributed by atoms with Crippen LogP contribution in [0.4, 0.5) is 5.69 Å². The Morgan fingerprint density at radius 2 is 1.48 bits per heavy atom. The Bertz CT molecular complexity index is 1240. The van der Waals surface area contributed by atoms with E-state index in [4.69, 9.17) is 0 Å². The lowest BCUT2D eigenvalue weighted by Gasteiger charge is -2.23. The Morgan fingerprint density at radius 3 is 2.18 bits per heavy atom. The minimum atomic E-state index is -0.575. The second kappa shape index (κ2) is 9.86. The van der Waals surface area contributed by atoms with Gasteiger partial charge in [-0.05, 0) is 40.8 Å². The van der Waals surface area contributed by atoms with Crippen LogP contribution in [0.2, 0.25) is 0 Å². The number of benzene rings is 3. The molecule has 0 aliphatic carbocycles. The number of anilines is 1. The second-order valence-corrected chi connectivity index (χ2v) is 8.95. The van der Waals surface area contributed by atoms with E-state index in [0.29, 0.717) is 5.92 Å². The quantitative estimate of drug-likeness (QED) is 0.331. The predicted molar refractivity (Wildman–Crippen MR) is 135 cm³/mol. The highest BCUT2D eigenvalue weighted by Crippen LogP contribution is 2.29. The van der Waals surface area contributed by atoms with Gasteiger partial charge >= 0.3 is 0 Å². The van der Waals surface area contributed by atoms with E-state index in [2.05, 4.69) is 24.1 Å². The zero-order valence-electron chi connectivity index (χ0n) is 19.3. The van der Waals surface area contributed by atoms with Crippen molar-refractivity contribution in [3.63, 3.8) is 0 Å². The molecular weight excluding hydrogens is 408 g/mol. The number of nitrogens with one attached hydrogen (secondary N) is 2. The van der Waals surface area contributed by atoms with Crippen LogP contribution in [0.3, 0.4) is 0 Å². The number of ketones is 1. The maximum Gasteiger partial charge on any atom is 0.232 e. The summed E-state index contributed by atoms with van der Waals surface area (Å²) >= 11 is 0. The molecule has 0 aliphatic heterocycles. The summed E-state index contributed by atoms with van der Waals surface area (Å²) in [5.74, 6) is -0.754. The average Bonchev–Trinajstić information content (AvgIpc) is 3.23. The fraction of sp³-hybridized carbons (Fsp3) is 0.241. The Labute approximate surface area is 195 Å². The number of H-pyrrole nitrogens is 1. The fourth-order valence-corrected chi connectivity index (χ4v) is 4.31. The number of Topliss-reactive ketones (excluding diaryl/α,β-unsaturated/α-hetero) is 1. The fourth-order valence-electron chi connectivity index (χ4n) is 4.31. The normalized spacial score (nSPS) is 13.1. The first-order valence-electron chi connectivity index (χ1n) is 11.5. The van der Waals surface area contributed by atoms with Gasteiger partial charge in [-0.2, -0.15) is 0 Å². The molecule has 4 heteroatoms. The third-order valence-electron chi connectivity index (χ3n) is 6.33. The van der Waals surface area contributed by atoms with E-state index < -0.39 is 11.8 Å². The van der Waals surface area contributed by atoms with Crippen LogP contribution in [0.15, 0.2) is 85.1 Å². The summed E-state index contributed by atoms with van der Waals surface area (Å²) in [6.07, 6.45) is 2.17. The Kier molecular flexibility index (Phi) is 6.74. The molecule has 0 saturated carbocycles. The molecule has 4 aromatic rings. The zero-order chi connectivity index (χ0) is 23.4. The SMILES string of the molecule is CC(C)c1ccc(NC(=O)C(c2ccccc2)C(C)C(=O)Cc2c[nH]c3ccccc23)cc1. The molecule has 0 spiro atoms. The van der Waals surface area contributed by atoms with E-state index in [0.717, 1.165) is 27.7 Å². The largest absolute Gasteiger partial charge is 0.361 e. The van der Waals surface area contributed by atoms with Gasteiger partial charge in [0, 0.05) is 35.1 Å². The number of aromatic nitrogens is 1. The topological polar surface area (TPSA) is 62.0 Å². The maximum atomic E-state index is 13.4. The van der Waals surface area contributed by atoms with Crippen LogP contribution in [0.5, 0.6) is 0 Å². The average molecular weight is 439 g/mol. The standard InChI is InChI=1S/C29H30N2O2/c1-19(2)21-13-15-24(16-14-21)31-29(33)28(22-9-5-4-6-10-22)20(3)27(32)17-23-18-30-26-12-8-7-11-25(23)26/h4-16,18-20,28,30H,17H2,1-3H3,(H,31,33). The number of hydrogen-bond donors (Lipinski definition) is 2. The third kappa shape index (κ3) is 5.06. The number of hydrogen-bond acceptors (Lipinski definition) is 2. The van der Waals surface area contributed by atoms with Gasteiger partial charge in [-0.25, -0.2) is 0 Å². The number of aromatic amines is 1. The molecule has 2 atom stereocenters. The maximum absolute atomic E-state index is 13.4. The number of amides is 1. The second-order valence-electron chi connectivity index (χ2n) is 8.95. The molecule has 4 rings (SSSR count). The van der Waals surface area contributed by atoms with Crippen LogP contribution < -0.4 is 5.32 Å². The summed E-state index contributed by atoms with van der Waals surface area (Å²) in [6, 6.07) is 25.4. The predicted octanol–water partition coefficient (Wildman–Crippen LogP) is 6.46. The van der Waals surface area contributed by atoms with Crippen LogP contribution in [-0.4, -0.2) is 16.7 Å². The molecule has 2 N–H and O–H groups in total. The van der Waals surface area contributed by atoms with Crippen LogP contribution >= 0.6 is 0 Å². The van der Waals surface area contributed by atoms with Crippen molar-refractivity contribution in [2.75, 3.05) is 5.32 Å². The van der Waals surface area contributed by atoms with Crippen molar-refractivity contribution in [3.8, 4) is 0 Å². The highest BCUT2D eigenvalue weighted by atomic mass is 16.2. The molecule has 1 amide bonds. The van der Waals surface area contributed by atoms with Crippen molar-refractivity contribution in [2.45, 2.75) is 39.0 Å². The van der Waals surface area contributed by atoms with E-state index in [-0.39, 0.29) is 18.1 Å². The van der Waals surface area contributed by atoms with Gasteiger partial charge in [-0.3, -0.25) is 9.59 Å². The number of rotatable bonds is 8. The summed E-state index contributed by atoms with van der Waals surface area (Å²) in [4.78, 5) is 30.0. The van der Waals surface area contributed by atoms with E-state index in [1.54, 1.807) is 0 Å². The van der Waals surface area contributed by atoms with Crippen LogP contribution in [0.25, 0.3) is 10.9 Å². The highest BCUT2D eigenvalue weighted by Gasteiger charge is 2.32. The first-order valence-corrected chi connectivity index (χ1v) is 11.5. The first-order chi connectivity index (χ1) is 15.9. The van der Waals surface area contributed by atoms with Crippen molar-refractivity contribution in [3.05, 3.63) is 102 Å². The summed E-state index contributed by atoms with van der Waals surface area (Å²) in [5, 5.41) is 4.08. The Morgan fingerprint density at radius 1 is 0.818 bits per heavy atom. The number of fused-ring (bicyclic) bond motifs is 1. The summed E-state index contributed by atoms with van der Waals surface area (Å²) in [5.41, 5.74) is 4.76. The molecule has 1 heterocycles. The van der Waals surface area contributed by atoms with Crippen molar-refractivity contribution >= 4 is 28.3 Å². The monoisotopic (exact) mass is 438 g/mol. The number of para-hydroxylation sites is 1. The van der Waals surface area contributed by atoms with E-state index in [1.807, 2.05) is 92.0 Å². The van der Waals surface area contributed by atoms with Gasteiger partial charge in [0.2, 0.25) is 5.91 Å².